The second kappa shape index (κ2) is 9.47. The third-order valence-corrected chi connectivity index (χ3v) is 5.93. The van der Waals surface area contributed by atoms with E-state index < -0.39 is 17.8 Å². The Morgan fingerprint density at radius 2 is 1.62 bits per heavy atom. The number of anilines is 1. The van der Waals surface area contributed by atoms with Crippen LogP contribution >= 0.6 is 0 Å². The van der Waals surface area contributed by atoms with Crippen LogP contribution in [0.1, 0.15) is 40.1 Å². The summed E-state index contributed by atoms with van der Waals surface area (Å²) in [5.41, 5.74) is 4.12. The van der Waals surface area contributed by atoms with Gasteiger partial charge >= 0.3 is 5.97 Å². The van der Waals surface area contributed by atoms with Gasteiger partial charge in [0.1, 0.15) is 11.9 Å². The van der Waals surface area contributed by atoms with Crippen molar-refractivity contribution >= 4 is 23.5 Å². The van der Waals surface area contributed by atoms with Crippen LogP contribution in [-0.4, -0.2) is 35.8 Å². The molecule has 174 valence electrons. The fourth-order valence-electron chi connectivity index (χ4n) is 4.16. The van der Waals surface area contributed by atoms with E-state index in [-0.39, 0.29) is 17.7 Å². The Labute approximate surface area is 197 Å². The molecule has 6 nitrogen and oxygen atoms in total. The summed E-state index contributed by atoms with van der Waals surface area (Å²) in [6.07, 6.45) is 0. The summed E-state index contributed by atoms with van der Waals surface area (Å²) in [5, 5.41) is 2.78. The molecule has 1 N–H and O–H groups in total. The Morgan fingerprint density at radius 3 is 2.24 bits per heavy atom. The number of hydrogen-bond acceptors (Lipinski definition) is 4. The first-order chi connectivity index (χ1) is 16.3. The molecule has 0 fully saturated rings. The number of nitrogens with one attached hydrogen (secondary N) is 1. The molecule has 0 radical (unpaired) electrons. The van der Waals surface area contributed by atoms with Gasteiger partial charge in [-0.25, -0.2) is 9.18 Å². The molecular weight excluding hydrogens is 435 g/mol. The number of halogens is 1. The monoisotopic (exact) mass is 460 g/mol. The predicted molar refractivity (Wildman–Crippen MR) is 127 cm³/mol. The third kappa shape index (κ3) is 4.55. The van der Waals surface area contributed by atoms with Gasteiger partial charge in [0.2, 0.25) is 0 Å². The summed E-state index contributed by atoms with van der Waals surface area (Å²) in [6.45, 7) is 4.14. The van der Waals surface area contributed by atoms with E-state index in [1.54, 1.807) is 17.0 Å². The van der Waals surface area contributed by atoms with Gasteiger partial charge < -0.3 is 15.0 Å². The minimum Gasteiger partial charge on any atom is -0.467 e. The maximum absolute atomic E-state index is 13.1. The van der Waals surface area contributed by atoms with Crippen LogP contribution in [0.5, 0.6) is 0 Å². The SMILES string of the molecule is COC(=O)[C@H](C(C)C)N1Cc2ccc(-c3ccc(NC(=O)c4ccc(F)cc4)cc3)cc2C1=O. The van der Waals surface area contributed by atoms with Crippen LogP contribution < -0.4 is 5.32 Å². The lowest BCUT2D eigenvalue weighted by Gasteiger charge is -2.28. The number of carbonyl (C=O) groups is 3. The molecule has 1 aliphatic rings. The Morgan fingerprint density at radius 1 is 0.971 bits per heavy atom. The highest BCUT2D eigenvalue weighted by molar-refractivity contribution is 6.04. The molecule has 3 aromatic rings. The van der Waals surface area contributed by atoms with Crippen LogP contribution in [0, 0.1) is 11.7 Å². The van der Waals surface area contributed by atoms with Crippen LogP contribution in [0.4, 0.5) is 10.1 Å². The van der Waals surface area contributed by atoms with Crippen molar-refractivity contribution < 1.29 is 23.5 Å². The molecule has 1 heterocycles. The second-order valence-electron chi connectivity index (χ2n) is 8.56. The topological polar surface area (TPSA) is 75.7 Å². The van der Waals surface area contributed by atoms with Crippen molar-refractivity contribution in [1.82, 2.24) is 4.90 Å². The Bertz CT molecular complexity index is 1240. The molecule has 4 rings (SSSR count). The summed E-state index contributed by atoms with van der Waals surface area (Å²) in [7, 11) is 1.33. The van der Waals surface area contributed by atoms with Crippen molar-refractivity contribution in [1.29, 1.82) is 0 Å². The Hall–Kier alpha value is -4.00. The van der Waals surface area contributed by atoms with Crippen molar-refractivity contribution in [3.8, 4) is 11.1 Å². The number of rotatable bonds is 6. The van der Waals surface area contributed by atoms with E-state index in [2.05, 4.69) is 5.32 Å². The van der Waals surface area contributed by atoms with Gasteiger partial charge in [0.05, 0.1) is 7.11 Å². The number of benzene rings is 3. The van der Waals surface area contributed by atoms with Crippen LogP contribution in [-0.2, 0) is 16.1 Å². The first-order valence-electron chi connectivity index (χ1n) is 11.0. The van der Waals surface area contributed by atoms with Crippen molar-refractivity contribution in [3.05, 3.63) is 89.2 Å². The number of carbonyl (C=O) groups excluding carboxylic acids is 3. The fraction of sp³-hybridized carbons (Fsp3) is 0.222. The fourth-order valence-corrected chi connectivity index (χ4v) is 4.16. The molecule has 0 aliphatic carbocycles. The number of methoxy groups -OCH3 is 1. The van der Waals surface area contributed by atoms with Crippen molar-refractivity contribution in [2.75, 3.05) is 12.4 Å². The van der Waals surface area contributed by atoms with Crippen LogP contribution in [0.3, 0.4) is 0 Å². The van der Waals surface area contributed by atoms with Crippen LogP contribution in [0.25, 0.3) is 11.1 Å². The zero-order valence-corrected chi connectivity index (χ0v) is 19.2. The van der Waals surface area contributed by atoms with E-state index in [1.165, 1.54) is 31.4 Å². The lowest BCUT2D eigenvalue weighted by Crippen LogP contribution is -2.45. The van der Waals surface area contributed by atoms with Gasteiger partial charge in [0.25, 0.3) is 11.8 Å². The number of ether oxygens (including phenoxy) is 1. The van der Waals surface area contributed by atoms with Gasteiger partial charge in [-0.2, -0.15) is 0 Å². The van der Waals surface area contributed by atoms with Crippen LogP contribution in [0.2, 0.25) is 0 Å². The second-order valence-corrected chi connectivity index (χ2v) is 8.56. The zero-order valence-electron chi connectivity index (χ0n) is 19.2. The molecule has 1 aliphatic heterocycles. The smallest absolute Gasteiger partial charge is 0.328 e. The highest BCUT2D eigenvalue weighted by Crippen LogP contribution is 2.32. The van der Waals surface area contributed by atoms with Crippen LogP contribution in [0.15, 0.2) is 66.7 Å². The molecule has 7 heteroatoms. The lowest BCUT2D eigenvalue weighted by atomic mass is 10.00. The highest BCUT2D eigenvalue weighted by atomic mass is 19.1. The number of esters is 1. The Balaban J connectivity index is 1.51. The van der Waals surface area contributed by atoms with E-state index in [4.69, 9.17) is 4.74 Å². The zero-order chi connectivity index (χ0) is 24.4. The number of hydrogen-bond donors (Lipinski definition) is 1. The lowest BCUT2D eigenvalue weighted by molar-refractivity contribution is -0.147. The average Bonchev–Trinajstić information content (AvgIpc) is 3.15. The summed E-state index contributed by atoms with van der Waals surface area (Å²) in [6, 6.07) is 17.6. The van der Waals surface area contributed by atoms with Crippen molar-refractivity contribution in [2.24, 2.45) is 5.92 Å². The molecule has 34 heavy (non-hydrogen) atoms. The van der Waals surface area contributed by atoms with Crippen molar-refractivity contribution in [3.63, 3.8) is 0 Å². The number of amides is 2. The minimum absolute atomic E-state index is 0.0807. The summed E-state index contributed by atoms with van der Waals surface area (Å²) >= 11 is 0. The van der Waals surface area contributed by atoms with E-state index in [0.717, 1.165) is 16.7 Å². The van der Waals surface area contributed by atoms with E-state index >= 15 is 0 Å². The first-order valence-corrected chi connectivity index (χ1v) is 11.0. The van der Waals surface area contributed by atoms with E-state index in [1.807, 2.05) is 44.2 Å². The maximum Gasteiger partial charge on any atom is 0.328 e. The molecule has 0 saturated carbocycles. The maximum atomic E-state index is 13.1. The average molecular weight is 461 g/mol. The van der Waals surface area contributed by atoms with Crippen molar-refractivity contribution in [2.45, 2.75) is 26.4 Å². The molecule has 0 bridgehead atoms. The summed E-state index contributed by atoms with van der Waals surface area (Å²) in [5.74, 6) is -1.43. The highest BCUT2D eigenvalue weighted by Gasteiger charge is 2.38. The van der Waals surface area contributed by atoms with E-state index in [0.29, 0.717) is 23.4 Å². The molecule has 3 aromatic carbocycles. The first kappa shape index (κ1) is 23.2. The molecule has 2 amide bonds. The van der Waals surface area contributed by atoms with E-state index in [9.17, 15) is 18.8 Å². The largest absolute Gasteiger partial charge is 0.467 e. The number of nitrogens with zero attached hydrogens (tertiary/aromatic N) is 1. The normalized spacial score (nSPS) is 13.6. The van der Waals surface area contributed by atoms with Gasteiger partial charge in [-0.05, 0) is 65.1 Å². The standard InChI is InChI=1S/C27H25FN2O4/c1-16(2)24(27(33)34-3)30-15-20-5-4-19(14-23(20)26(30)32)17-8-12-22(13-9-17)29-25(31)18-6-10-21(28)11-7-18/h4-14,16,24H,15H2,1-3H3,(H,29,31)/t24-/m0/s1. The summed E-state index contributed by atoms with van der Waals surface area (Å²) in [4.78, 5) is 39.3. The molecular formula is C27H25FN2O4. The van der Waals surface area contributed by atoms with Gasteiger partial charge in [0, 0.05) is 23.4 Å². The van der Waals surface area contributed by atoms with Gasteiger partial charge in [-0.15, -0.1) is 0 Å². The quantitative estimate of drug-likeness (QED) is 0.531. The summed E-state index contributed by atoms with van der Waals surface area (Å²) < 4.78 is 18.0. The molecule has 0 spiro atoms. The van der Waals surface area contributed by atoms with Gasteiger partial charge in [-0.3, -0.25) is 9.59 Å². The molecule has 0 unspecified atom stereocenters. The van der Waals surface area contributed by atoms with Gasteiger partial charge in [0.15, 0.2) is 0 Å². The Kier molecular flexibility index (Phi) is 6.45. The molecule has 0 aromatic heterocycles. The minimum atomic E-state index is -0.641. The molecule has 0 saturated heterocycles. The number of fused-ring (bicyclic) bond motifs is 1. The van der Waals surface area contributed by atoms with Gasteiger partial charge in [-0.1, -0.05) is 38.1 Å². The molecule has 1 atom stereocenters. The third-order valence-electron chi connectivity index (χ3n) is 5.93. The predicted octanol–water partition coefficient (Wildman–Crippen LogP) is 4.90.